The highest BCUT2D eigenvalue weighted by Crippen LogP contribution is 2.31. The normalized spacial score (nSPS) is 15.1. The van der Waals surface area contributed by atoms with E-state index < -0.39 is 0 Å². The van der Waals surface area contributed by atoms with Crippen LogP contribution in [0.25, 0.3) is 0 Å². The Morgan fingerprint density at radius 1 is 1.54 bits per heavy atom. The molecule has 2 rings (SSSR count). The standard InChI is InChI=1S/C10H13ClN2/c1-2-13-6-5-12-9-4-3-8(11)7-10(9)13/h3-4,7,12H,2,5-6H2,1H3. The van der Waals surface area contributed by atoms with E-state index in [1.165, 1.54) is 11.4 Å². The van der Waals surface area contributed by atoms with Gasteiger partial charge in [0.2, 0.25) is 0 Å². The molecule has 0 saturated carbocycles. The number of halogens is 1. The molecule has 0 amide bonds. The van der Waals surface area contributed by atoms with E-state index in [0.717, 1.165) is 24.7 Å². The van der Waals surface area contributed by atoms with Gasteiger partial charge in [0.1, 0.15) is 0 Å². The number of hydrogen-bond donors (Lipinski definition) is 1. The third-order valence-corrected chi connectivity index (χ3v) is 2.61. The summed E-state index contributed by atoms with van der Waals surface area (Å²) in [7, 11) is 0. The molecule has 1 aromatic rings. The van der Waals surface area contributed by atoms with E-state index in [4.69, 9.17) is 11.6 Å². The molecule has 0 saturated heterocycles. The van der Waals surface area contributed by atoms with E-state index >= 15 is 0 Å². The summed E-state index contributed by atoms with van der Waals surface area (Å²) < 4.78 is 0. The van der Waals surface area contributed by atoms with Gasteiger partial charge in [0.15, 0.2) is 0 Å². The smallest absolute Gasteiger partial charge is 0.0617 e. The summed E-state index contributed by atoms with van der Waals surface area (Å²) in [5, 5.41) is 4.16. The van der Waals surface area contributed by atoms with Crippen LogP contribution in [0.5, 0.6) is 0 Å². The fourth-order valence-corrected chi connectivity index (χ4v) is 1.86. The van der Waals surface area contributed by atoms with Crippen LogP contribution >= 0.6 is 11.6 Å². The zero-order chi connectivity index (χ0) is 9.26. The lowest BCUT2D eigenvalue weighted by Crippen LogP contribution is -2.33. The van der Waals surface area contributed by atoms with Crippen LogP contribution in [0.2, 0.25) is 5.02 Å². The number of fused-ring (bicyclic) bond motifs is 1. The summed E-state index contributed by atoms with van der Waals surface area (Å²) in [5.41, 5.74) is 2.42. The maximum absolute atomic E-state index is 5.94. The molecule has 0 unspecified atom stereocenters. The number of nitrogens with one attached hydrogen (secondary N) is 1. The Morgan fingerprint density at radius 3 is 3.15 bits per heavy atom. The van der Waals surface area contributed by atoms with Gasteiger partial charge < -0.3 is 10.2 Å². The molecule has 0 fully saturated rings. The van der Waals surface area contributed by atoms with Gasteiger partial charge in [-0.25, -0.2) is 0 Å². The highest BCUT2D eigenvalue weighted by Gasteiger charge is 2.14. The highest BCUT2D eigenvalue weighted by molar-refractivity contribution is 6.31. The van der Waals surface area contributed by atoms with Crippen molar-refractivity contribution in [3.05, 3.63) is 23.2 Å². The van der Waals surface area contributed by atoms with Crippen LogP contribution < -0.4 is 10.2 Å². The molecule has 0 aromatic heterocycles. The minimum Gasteiger partial charge on any atom is -0.382 e. The molecular formula is C10H13ClN2. The molecule has 13 heavy (non-hydrogen) atoms. The van der Waals surface area contributed by atoms with Crippen LogP contribution in [0, 0.1) is 0 Å². The summed E-state index contributed by atoms with van der Waals surface area (Å²) in [6.45, 7) is 5.28. The first-order chi connectivity index (χ1) is 6.31. The van der Waals surface area contributed by atoms with Crippen molar-refractivity contribution in [3.8, 4) is 0 Å². The molecule has 1 aromatic carbocycles. The monoisotopic (exact) mass is 196 g/mol. The van der Waals surface area contributed by atoms with Crippen LogP contribution in [0.15, 0.2) is 18.2 Å². The molecule has 0 atom stereocenters. The Morgan fingerprint density at radius 2 is 2.38 bits per heavy atom. The second kappa shape index (κ2) is 3.46. The second-order valence-corrected chi connectivity index (χ2v) is 3.60. The van der Waals surface area contributed by atoms with Gasteiger partial charge in [-0.05, 0) is 25.1 Å². The van der Waals surface area contributed by atoms with Crippen LogP contribution in [-0.2, 0) is 0 Å². The zero-order valence-electron chi connectivity index (χ0n) is 7.68. The average Bonchev–Trinajstić information content (AvgIpc) is 2.17. The van der Waals surface area contributed by atoms with E-state index in [9.17, 15) is 0 Å². The molecule has 1 heterocycles. The van der Waals surface area contributed by atoms with Crippen LogP contribution in [0.3, 0.4) is 0 Å². The Balaban J connectivity index is 2.41. The van der Waals surface area contributed by atoms with Crippen LogP contribution in [0.1, 0.15) is 6.92 Å². The van der Waals surface area contributed by atoms with Crippen LogP contribution in [-0.4, -0.2) is 19.6 Å². The zero-order valence-corrected chi connectivity index (χ0v) is 8.43. The average molecular weight is 197 g/mol. The largest absolute Gasteiger partial charge is 0.382 e. The van der Waals surface area contributed by atoms with Crippen molar-refractivity contribution in [2.75, 3.05) is 29.9 Å². The maximum Gasteiger partial charge on any atom is 0.0617 e. The first-order valence-electron chi connectivity index (χ1n) is 4.59. The Hall–Kier alpha value is -0.890. The quantitative estimate of drug-likeness (QED) is 0.743. The molecule has 0 aliphatic carbocycles. The number of anilines is 2. The van der Waals surface area contributed by atoms with Crippen molar-refractivity contribution in [3.63, 3.8) is 0 Å². The molecular weight excluding hydrogens is 184 g/mol. The van der Waals surface area contributed by atoms with Crippen molar-refractivity contribution >= 4 is 23.0 Å². The Bertz CT molecular complexity index is 312. The first-order valence-corrected chi connectivity index (χ1v) is 4.97. The highest BCUT2D eigenvalue weighted by atomic mass is 35.5. The van der Waals surface area contributed by atoms with Crippen molar-refractivity contribution < 1.29 is 0 Å². The predicted octanol–water partition coefficient (Wildman–Crippen LogP) is 2.59. The summed E-state index contributed by atoms with van der Waals surface area (Å²) in [5.74, 6) is 0. The van der Waals surface area contributed by atoms with Crippen molar-refractivity contribution in [2.45, 2.75) is 6.92 Å². The minimum absolute atomic E-state index is 0.806. The molecule has 70 valence electrons. The van der Waals surface area contributed by atoms with Gasteiger partial charge in [-0.1, -0.05) is 11.6 Å². The second-order valence-electron chi connectivity index (χ2n) is 3.17. The van der Waals surface area contributed by atoms with E-state index in [2.05, 4.69) is 17.1 Å². The molecule has 1 N–H and O–H groups in total. The van der Waals surface area contributed by atoms with Gasteiger partial charge in [-0.3, -0.25) is 0 Å². The molecule has 0 bridgehead atoms. The minimum atomic E-state index is 0.806. The lowest BCUT2D eigenvalue weighted by Gasteiger charge is -2.31. The fourth-order valence-electron chi connectivity index (χ4n) is 1.69. The van der Waals surface area contributed by atoms with Gasteiger partial charge in [-0.15, -0.1) is 0 Å². The number of rotatable bonds is 1. The third-order valence-electron chi connectivity index (χ3n) is 2.38. The van der Waals surface area contributed by atoms with Gasteiger partial charge in [-0.2, -0.15) is 0 Å². The molecule has 0 spiro atoms. The van der Waals surface area contributed by atoms with Crippen LogP contribution in [0.4, 0.5) is 11.4 Å². The summed E-state index contributed by atoms with van der Waals surface area (Å²) >= 11 is 5.94. The fraction of sp³-hybridized carbons (Fsp3) is 0.400. The number of likely N-dealkylation sites (N-methyl/N-ethyl adjacent to an activating group) is 1. The third kappa shape index (κ3) is 1.59. The molecule has 1 aliphatic rings. The predicted molar refractivity (Wildman–Crippen MR) is 57.8 cm³/mol. The van der Waals surface area contributed by atoms with E-state index in [0.29, 0.717) is 0 Å². The van der Waals surface area contributed by atoms with Gasteiger partial charge >= 0.3 is 0 Å². The van der Waals surface area contributed by atoms with Crippen molar-refractivity contribution in [2.24, 2.45) is 0 Å². The van der Waals surface area contributed by atoms with Crippen molar-refractivity contribution in [1.82, 2.24) is 0 Å². The SMILES string of the molecule is CCN1CCNc2ccc(Cl)cc21. The van der Waals surface area contributed by atoms with E-state index in [1.807, 2.05) is 18.2 Å². The first kappa shape index (κ1) is 8.70. The summed E-state index contributed by atoms with van der Waals surface area (Å²) in [6, 6.07) is 5.98. The number of nitrogens with zero attached hydrogens (tertiary/aromatic N) is 1. The molecule has 2 nitrogen and oxygen atoms in total. The summed E-state index contributed by atoms with van der Waals surface area (Å²) in [4.78, 5) is 2.33. The van der Waals surface area contributed by atoms with Gasteiger partial charge in [0.25, 0.3) is 0 Å². The van der Waals surface area contributed by atoms with E-state index in [1.54, 1.807) is 0 Å². The lowest BCUT2D eigenvalue weighted by atomic mass is 10.2. The maximum atomic E-state index is 5.94. The molecule has 0 radical (unpaired) electrons. The van der Waals surface area contributed by atoms with Crippen molar-refractivity contribution in [1.29, 1.82) is 0 Å². The van der Waals surface area contributed by atoms with Gasteiger partial charge in [0.05, 0.1) is 11.4 Å². The van der Waals surface area contributed by atoms with E-state index in [-0.39, 0.29) is 0 Å². The number of hydrogen-bond acceptors (Lipinski definition) is 2. The lowest BCUT2D eigenvalue weighted by molar-refractivity contribution is 0.815. The Kier molecular flexibility index (Phi) is 2.32. The topological polar surface area (TPSA) is 15.3 Å². The molecule has 3 heteroatoms. The summed E-state index contributed by atoms with van der Waals surface area (Å²) in [6.07, 6.45) is 0. The van der Waals surface area contributed by atoms with Gasteiger partial charge in [0, 0.05) is 24.7 Å². The Labute approximate surface area is 83.5 Å². The number of benzene rings is 1. The molecule has 1 aliphatic heterocycles.